The molecule has 144 valence electrons. The number of halogens is 2. The summed E-state index contributed by atoms with van der Waals surface area (Å²) in [6.45, 7) is 3.32. The molecule has 0 heterocycles. The molecule has 0 aliphatic heterocycles. The largest absolute Gasteiger partial charge is 0.457 e. The van der Waals surface area contributed by atoms with Gasteiger partial charge in [-0.1, -0.05) is 61.0 Å². The van der Waals surface area contributed by atoms with E-state index in [1.807, 2.05) is 66.7 Å². The van der Waals surface area contributed by atoms with Crippen LogP contribution in [0.5, 0.6) is 11.5 Å². The molecule has 0 spiro atoms. The Morgan fingerprint density at radius 3 is 2.36 bits per heavy atom. The van der Waals surface area contributed by atoms with Crippen molar-refractivity contribution in [3.05, 3.63) is 95.0 Å². The predicted molar refractivity (Wildman–Crippen MR) is 115 cm³/mol. The Labute approximate surface area is 176 Å². The SMILES string of the molecule is C[C@]1(COCc2cccc(Oc3ccccc3)c2)[C@H](Cl)[C@@H]1c1ccc(Cl)cc1. The van der Waals surface area contributed by atoms with E-state index in [1.165, 1.54) is 5.56 Å². The van der Waals surface area contributed by atoms with Crippen molar-refractivity contribution in [2.75, 3.05) is 6.61 Å². The van der Waals surface area contributed by atoms with Gasteiger partial charge in [0.1, 0.15) is 11.5 Å². The van der Waals surface area contributed by atoms with Crippen LogP contribution in [-0.4, -0.2) is 12.0 Å². The van der Waals surface area contributed by atoms with Crippen LogP contribution in [0.3, 0.4) is 0 Å². The highest BCUT2D eigenvalue weighted by Gasteiger charge is 2.61. The number of benzene rings is 3. The lowest BCUT2D eigenvalue weighted by Gasteiger charge is -2.13. The molecule has 3 aromatic rings. The van der Waals surface area contributed by atoms with Crippen molar-refractivity contribution in [1.29, 1.82) is 0 Å². The van der Waals surface area contributed by atoms with E-state index in [4.69, 9.17) is 32.7 Å². The lowest BCUT2D eigenvalue weighted by atomic mass is 10.0. The minimum absolute atomic E-state index is 0.0620. The number of ether oxygens (including phenoxy) is 2. The van der Waals surface area contributed by atoms with E-state index >= 15 is 0 Å². The van der Waals surface area contributed by atoms with Gasteiger partial charge >= 0.3 is 0 Å². The van der Waals surface area contributed by atoms with Crippen molar-refractivity contribution in [1.82, 2.24) is 0 Å². The van der Waals surface area contributed by atoms with Crippen molar-refractivity contribution in [2.45, 2.75) is 24.8 Å². The summed E-state index contributed by atoms with van der Waals surface area (Å²) in [7, 11) is 0. The first-order valence-electron chi connectivity index (χ1n) is 9.35. The normalized spacial score (nSPS) is 23.4. The maximum atomic E-state index is 6.60. The van der Waals surface area contributed by atoms with Crippen molar-refractivity contribution >= 4 is 23.2 Å². The molecule has 1 aliphatic rings. The van der Waals surface area contributed by atoms with Crippen LogP contribution in [0.4, 0.5) is 0 Å². The standard InChI is InChI=1S/C24H22Cl2O2/c1-24(22(23(24)26)18-10-12-19(25)13-11-18)16-27-15-17-6-5-9-21(14-17)28-20-7-3-2-4-8-20/h2-14,22-23H,15-16H2,1H3/t22-,23+,24+/m0/s1. The molecule has 0 radical (unpaired) electrons. The summed E-state index contributed by atoms with van der Waals surface area (Å²) in [5.41, 5.74) is 2.23. The van der Waals surface area contributed by atoms with E-state index in [1.54, 1.807) is 0 Å². The Hall–Kier alpha value is -2.00. The van der Waals surface area contributed by atoms with Crippen LogP contribution in [0.2, 0.25) is 5.02 Å². The lowest BCUT2D eigenvalue weighted by Crippen LogP contribution is -2.10. The third-order valence-corrected chi connectivity index (χ3v) is 6.31. The van der Waals surface area contributed by atoms with Crippen LogP contribution < -0.4 is 4.74 Å². The summed E-state index contributed by atoms with van der Waals surface area (Å²) in [6.07, 6.45) is 0. The van der Waals surface area contributed by atoms with Gasteiger partial charge in [0, 0.05) is 21.7 Å². The average Bonchev–Trinajstić information content (AvgIpc) is 3.24. The minimum Gasteiger partial charge on any atom is -0.457 e. The van der Waals surface area contributed by atoms with Crippen LogP contribution in [0.1, 0.15) is 24.0 Å². The maximum Gasteiger partial charge on any atom is 0.127 e. The average molecular weight is 413 g/mol. The molecule has 1 saturated carbocycles. The van der Waals surface area contributed by atoms with Gasteiger partial charge in [-0.15, -0.1) is 11.6 Å². The van der Waals surface area contributed by atoms with Crippen molar-refractivity contribution in [3.8, 4) is 11.5 Å². The zero-order valence-corrected chi connectivity index (χ0v) is 17.2. The molecule has 3 atom stereocenters. The number of hydrogen-bond acceptors (Lipinski definition) is 2. The second-order valence-corrected chi connectivity index (χ2v) is 8.40. The van der Waals surface area contributed by atoms with Gasteiger partial charge in [0.05, 0.1) is 13.2 Å². The van der Waals surface area contributed by atoms with E-state index in [-0.39, 0.29) is 10.8 Å². The Balaban J connectivity index is 1.34. The van der Waals surface area contributed by atoms with E-state index in [2.05, 4.69) is 19.1 Å². The second kappa shape index (κ2) is 8.16. The molecule has 0 amide bonds. The van der Waals surface area contributed by atoms with Crippen LogP contribution in [0.25, 0.3) is 0 Å². The first kappa shape index (κ1) is 19.3. The van der Waals surface area contributed by atoms with Gasteiger partial charge in [-0.05, 0) is 47.5 Å². The first-order valence-corrected chi connectivity index (χ1v) is 10.2. The quantitative estimate of drug-likeness (QED) is 0.386. The minimum atomic E-state index is -0.0620. The molecule has 0 aromatic heterocycles. The van der Waals surface area contributed by atoms with Crippen molar-refractivity contribution < 1.29 is 9.47 Å². The molecular formula is C24H22Cl2O2. The topological polar surface area (TPSA) is 18.5 Å². The third-order valence-electron chi connectivity index (χ3n) is 5.31. The van der Waals surface area contributed by atoms with Gasteiger partial charge in [0.2, 0.25) is 0 Å². The summed E-state index contributed by atoms with van der Waals surface area (Å²) in [6, 6.07) is 25.7. The van der Waals surface area contributed by atoms with Gasteiger partial charge < -0.3 is 9.47 Å². The molecule has 1 fully saturated rings. The summed E-state index contributed by atoms with van der Waals surface area (Å²) < 4.78 is 11.9. The Morgan fingerprint density at radius 1 is 0.893 bits per heavy atom. The van der Waals surface area contributed by atoms with Gasteiger partial charge in [0.25, 0.3) is 0 Å². The molecule has 0 saturated heterocycles. The third kappa shape index (κ3) is 4.20. The smallest absolute Gasteiger partial charge is 0.127 e. The number of rotatable bonds is 7. The molecule has 0 bridgehead atoms. The maximum absolute atomic E-state index is 6.60. The number of hydrogen-bond donors (Lipinski definition) is 0. The summed E-state index contributed by atoms with van der Waals surface area (Å²) in [5.74, 6) is 1.92. The highest BCUT2D eigenvalue weighted by atomic mass is 35.5. The molecule has 1 aliphatic carbocycles. The molecule has 28 heavy (non-hydrogen) atoms. The van der Waals surface area contributed by atoms with Gasteiger partial charge in [-0.25, -0.2) is 0 Å². The van der Waals surface area contributed by atoms with E-state index in [0.717, 1.165) is 22.1 Å². The zero-order chi connectivity index (χ0) is 19.6. The summed E-state index contributed by atoms with van der Waals surface area (Å²) in [5, 5.41) is 0.813. The van der Waals surface area contributed by atoms with Crippen LogP contribution in [0, 0.1) is 5.41 Å². The van der Waals surface area contributed by atoms with Gasteiger partial charge in [-0.2, -0.15) is 0 Å². The lowest BCUT2D eigenvalue weighted by molar-refractivity contribution is 0.0823. The second-order valence-electron chi connectivity index (χ2n) is 7.49. The van der Waals surface area contributed by atoms with Gasteiger partial charge in [0.15, 0.2) is 0 Å². The first-order chi connectivity index (χ1) is 13.6. The fourth-order valence-electron chi connectivity index (χ4n) is 3.61. The fourth-order valence-corrected chi connectivity index (χ4v) is 4.29. The number of para-hydroxylation sites is 1. The fraction of sp³-hybridized carbons (Fsp3) is 0.250. The van der Waals surface area contributed by atoms with E-state index in [9.17, 15) is 0 Å². The highest BCUT2D eigenvalue weighted by Crippen LogP contribution is 2.62. The van der Waals surface area contributed by atoms with Gasteiger partial charge in [-0.3, -0.25) is 0 Å². The zero-order valence-electron chi connectivity index (χ0n) is 15.6. The molecular weight excluding hydrogens is 391 g/mol. The van der Waals surface area contributed by atoms with Crippen LogP contribution in [0.15, 0.2) is 78.9 Å². The van der Waals surface area contributed by atoms with E-state index in [0.29, 0.717) is 19.1 Å². The molecule has 0 N–H and O–H groups in total. The van der Waals surface area contributed by atoms with Crippen molar-refractivity contribution in [3.63, 3.8) is 0 Å². The molecule has 3 aromatic carbocycles. The Morgan fingerprint density at radius 2 is 1.61 bits per heavy atom. The Kier molecular flexibility index (Phi) is 5.63. The van der Waals surface area contributed by atoms with Crippen molar-refractivity contribution in [2.24, 2.45) is 5.41 Å². The summed E-state index contributed by atoms with van der Waals surface area (Å²) in [4.78, 5) is 0. The molecule has 4 rings (SSSR count). The van der Waals surface area contributed by atoms with E-state index < -0.39 is 0 Å². The molecule has 0 unspecified atom stereocenters. The Bertz CT molecular complexity index is 927. The summed E-state index contributed by atoms with van der Waals surface area (Å²) >= 11 is 12.6. The van der Waals surface area contributed by atoms with Crippen LogP contribution in [-0.2, 0) is 11.3 Å². The highest BCUT2D eigenvalue weighted by molar-refractivity contribution is 6.30. The predicted octanol–water partition coefficient (Wildman–Crippen LogP) is 7.06. The monoisotopic (exact) mass is 412 g/mol. The molecule has 2 nitrogen and oxygen atoms in total. The van der Waals surface area contributed by atoms with Crippen LogP contribution >= 0.6 is 23.2 Å². The number of alkyl halides is 1. The molecule has 4 heteroatoms.